The number of nitrogens with zero attached hydrogens (tertiary/aromatic N) is 1. The van der Waals surface area contributed by atoms with Gasteiger partial charge in [0.2, 0.25) is 5.91 Å². The molecule has 1 aromatic heterocycles. The number of carbonyl (C=O) groups is 1. The van der Waals surface area contributed by atoms with Crippen LogP contribution >= 0.6 is 11.8 Å². The van der Waals surface area contributed by atoms with Crippen molar-refractivity contribution in [3.8, 4) is 0 Å². The molecule has 120 valence electrons. The summed E-state index contributed by atoms with van der Waals surface area (Å²) in [6.45, 7) is 4.26. The van der Waals surface area contributed by atoms with Crippen LogP contribution in [0.15, 0.2) is 50.8 Å². The predicted octanol–water partition coefficient (Wildman–Crippen LogP) is 3.95. The monoisotopic (exact) mass is 328 g/mol. The summed E-state index contributed by atoms with van der Waals surface area (Å²) in [4.78, 5) is 12.8. The number of thioether (sulfide) groups is 1. The number of hydrazone groups is 1. The van der Waals surface area contributed by atoms with Gasteiger partial charge in [0, 0.05) is 10.8 Å². The van der Waals surface area contributed by atoms with E-state index in [0.717, 1.165) is 10.7 Å². The van der Waals surface area contributed by atoms with Crippen molar-refractivity contribution in [3.63, 3.8) is 0 Å². The lowest BCUT2D eigenvalue weighted by Crippen LogP contribution is -2.19. The van der Waals surface area contributed by atoms with Gasteiger partial charge in [-0.15, -0.1) is 11.8 Å². The van der Waals surface area contributed by atoms with E-state index < -0.39 is 0 Å². The second kappa shape index (κ2) is 7.04. The van der Waals surface area contributed by atoms with E-state index in [1.54, 1.807) is 6.21 Å². The van der Waals surface area contributed by atoms with Crippen LogP contribution in [-0.2, 0) is 4.79 Å². The van der Waals surface area contributed by atoms with Crippen LogP contribution in [0.25, 0.3) is 0 Å². The van der Waals surface area contributed by atoms with Gasteiger partial charge in [0.05, 0.1) is 12.0 Å². The van der Waals surface area contributed by atoms with Crippen LogP contribution in [0.3, 0.4) is 0 Å². The van der Waals surface area contributed by atoms with E-state index in [-0.39, 0.29) is 5.91 Å². The number of rotatable bonds is 6. The second-order valence-electron chi connectivity index (χ2n) is 5.95. The summed E-state index contributed by atoms with van der Waals surface area (Å²) in [5.74, 6) is 3.16. The normalized spacial score (nSPS) is 19.9. The Kier molecular flexibility index (Phi) is 4.86. The van der Waals surface area contributed by atoms with Crippen LogP contribution in [0.1, 0.15) is 36.3 Å². The number of hydrogen-bond donors (Lipinski definition) is 1. The average Bonchev–Trinajstić information content (AvgIpc) is 3.08. The molecule has 4 nitrogen and oxygen atoms in total. The molecule has 1 fully saturated rings. The minimum atomic E-state index is -0.130. The fraction of sp³-hybridized carbons (Fsp3) is 0.333. The molecule has 5 heteroatoms. The molecule has 23 heavy (non-hydrogen) atoms. The fourth-order valence-corrected chi connectivity index (χ4v) is 3.03. The number of nitrogens with one attached hydrogen (secondary N) is 1. The van der Waals surface area contributed by atoms with Crippen LogP contribution in [0.5, 0.6) is 0 Å². The number of carbonyl (C=O) groups excluding carboxylic acids is 1. The largest absolute Gasteiger partial charge is 0.460 e. The van der Waals surface area contributed by atoms with Crippen LogP contribution in [0.2, 0.25) is 0 Å². The summed E-state index contributed by atoms with van der Waals surface area (Å²) in [6, 6.07) is 12.0. The van der Waals surface area contributed by atoms with Crippen molar-refractivity contribution in [3.05, 3.63) is 53.5 Å². The van der Waals surface area contributed by atoms with Crippen molar-refractivity contribution in [2.75, 3.05) is 5.75 Å². The van der Waals surface area contributed by atoms with E-state index in [9.17, 15) is 4.79 Å². The first-order valence-electron chi connectivity index (χ1n) is 7.73. The summed E-state index contributed by atoms with van der Waals surface area (Å²) < 4.78 is 5.69. The smallest absolute Gasteiger partial charge is 0.250 e. The second-order valence-corrected chi connectivity index (χ2v) is 7.00. The maximum Gasteiger partial charge on any atom is 0.250 e. The van der Waals surface area contributed by atoms with Gasteiger partial charge in [-0.2, -0.15) is 5.10 Å². The summed E-state index contributed by atoms with van der Waals surface area (Å²) in [5.41, 5.74) is 3.74. The molecule has 0 saturated heterocycles. The van der Waals surface area contributed by atoms with Crippen LogP contribution in [-0.4, -0.2) is 17.9 Å². The highest BCUT2D eigenvalue weighted by molar-refractivity contribution is 8.00. The Morgan fingerprint density at radius 2 is 2.09 bits per heavy atom. The first kappa shape index (κ1) is 15.9. The minimum Gasteiger partial charge on any atom is -0.460 e. The molecular weight excluding hydrogens is 308 g/mol. The van der Waals surface area contributed by atoms with Gasteiger partial charge in [0.15, 0.2) is 0 Å². The van der Waals surface area contributed by atoms with Gasteiger partial charge in [0.1, 0.15) is 11.5 Å². The molecule has 0 unspecified atom stereocenters. The number of aryl methyl sites for hydroxylation is 1. The third-order valence-electron chi connectivity index (χ3n) is 3.89. The molecule has 1 heterocycles. The Hall–Kier alpha value is -2.01. The third kappa shape index (κ3) is 4.48. The Bertz CT molecular complexity index is 706. The Morgan fingerprint density at radius 1 is 1.35 bits per heavy atom. The molecule has 0 bridgehead atoms. The number of benzene rings is 1. The molecule has 1 saturated carbocycles. The zero-order chi connectivity index (χ0) is 16.2. The zero-order valence-electron chi connectivity index (χ0n) is 13.3. The highest BCUT2D eigenvalue weighted by Crippen LogP contribution is 2.47. The van der Waals surface area contributed by atoms with Gasteiger partial charge in [-0.1, -0.05) is 24.6 Å². The molecule has 3 rings (SSSR count). The summed E-state index contributed by atoms with van der Waals surface area (Å²) >= 11 is 1.49. The summed E-state index contributed by atoms with van der Waals surface area (Å²) in [7, 11) is 0. The number of hydrogen-bond acceptors (Lipinski definition) is 4. The topological polar surface area (TPSA) is 54.6 Å². The fourth-order valence-electron chi connectivity index (χ4n) is 2.34. The van der Waals surface area contributed by atoms with Crippen molar-refractivity contribution in [1.29, 1.82) is 0 Å². The molecule has 0 aliphatic heterocycles. The van der Waals surface area contributed by atoms with E-state index in [1.165, 1.54) is 23.7 Å². The van der Waals surface area contributed by atoms with E-state index >= 15 is 0 Å². The molecule has 0 spiro atoms. The Labute approximate surface area is 140 Å². The number of furan rings is 1. The van der Waals surface area contributed by atoms with Crippen LogP contribution in [0, 0.1) is 12.8 Å². The van der Waals surface area contributed by atoms with E-state index in [0.29, 0.717) is 23.3 Å². The minimum absolute atomic E-state index is 0.130. The lowest BCUT2D eigenvalue weighted by atomic mass is 10.2. The SMILES string of the molecule is Cc1ccc(SCC(=O)N/N=C\c2ccc([C@H]3C[C@H]3C)o2)cc1. The quantitative estimate of drug-likeness (QED) is 0.496. The molecule has 1 aliphatic rings. The molecule has 1 aliphatic carbocycles. The third-order valence-corrected chi connectivity index (χ3v) is 4.91. The highest BCUT2D eigenvalue weighted by atomic mass is 32.2. The zero-order valence-corrected chi connectivity index (χ0v) is 14.1. The van der Waals surface area contributed by atoms with Gasteiger partial charge < -0.3 is 4.42 Å². The predicted molar refractivity (Wildman–Crippen MR) is 92.9 cm³/mol. The van der Waals surface area contributed by atoms with Crippen molar-refractivity contribution < 1.29 is 9.21 Å². The van der Waals surface area contributed by atoms with Gasteiger partial charge in [-0.25, -0.2) is 5.43 Å². The maximum absolute atomic E-state index is 11.8. The Balaban J connectivity index is 1.43. The maximum atomic E-state index is 11.8. The first-order valence-corrected chi connectivity index (χ1v) is 8.71. The van der Waals surface area contributed by atoms with Gasteiger partial charge in [-0.05, 0) is 43.5 Å². The van der Waals surface area contributed by atoms with Crippen LogP contribution in [0.4, 0.5) is 0 Å². The van der Waals surface area contributed by atoms with E-state index in [4.69, 9.17) is 4.42 Å². The Morgan fingerprint density at radius 3 is 2.78 bits per heavy atom. The van der Waals surface area contributed by atoms with Gasteiger partial charge >= 0.3 is 0 Å². The van der Waals surface area contributed by atoms with Crippen molar-refractivity contribution in [2.24, 2.45) is 11.0 Å². The van der Waals surface area contributed by atoms with Crippen LogP contribution < -0.4 is 5.43 Å². The summed E-state index contributed by atoms with van der Waals surface area (Å²) in [5, 5.41) is 3.95. The molecule has 1 amide bonds. The lowest BCUT2D eigenvalue weighted by Gasteiger charge is -2.01. The van der Waals surface area contributed by atoms with Gasteiger partial charge in [-0.3, -0.25) is 4.79 Å². The highest BCUT2D eigenvalue weighted by Gasteiger charge is 2.36. The van der Waals surface area contributed by atoms with E-state index in [1.807, 2.05) is 43.3 Å². The lowest BCUT2D eigenvalue weighted by molar-refractivity contribution is -0.118. The van der Waals surface area contributed by atoms with Crippen molar-refractivity contribution >= 4 is 23.9 Å². The van der Waals surface area contributed by atoms with Crippen molar-refractivity contribution in [2.45, 2.75) is 31.1 Å². The summed E-state index contributed by atoms with van der Waals surface area (Å²) in [6.07, 6.45) is 2.74. The molecule has 2 aromatic rings. The average molecular weight is 328 g/mol. The molecule has 0 radical (unpaired) electrons. The number of amides is 1. The standard InChI is InChI=1S/C18H20N2O2S/c1-12-3-6-15(7-4-12)23-11-18(21)20-19-10-14-5-8-17(22-14)16-9-13(16)2/h3-8,10,13,16H,9,11H2,1-2H3,(H,20,21)/b19-10-/t13-,16+/m1/s1. The molecular formula is C18H20N2O2S. The molecule has 1 N–H and O–H groups in total. The molecule has 2 atom stereocenters. The van der Waals surface area contributed by atoms with Gasteiger partial charge in [0.25, 0.3) is 0 Å². The first-order chi connectivity index (χ1) is 11.1. The van der Waals surface area contributed by atoms with E-state index in [2.05, 4.69) is 17.5 Å². The molecule has 1 aromatic carbocycles. The van der Waals surface area contributed by atoms with Crippen molar-refractivity contribution in [1.82, 2.24) is 5.43 Å².